The number of piperazine rings is 1. The van der Waals surface area contributed by atoms with Gasteiger partial charge in [0.15, 0.2) is 0 Å². The smallest absolute Gasteiger partial charge is 0.0326 e. The minimum Gasteiger partial charge on any atom is -0.311 e. The van der Waals surface area contributed by atoms with E-state index in [0.29, 0.717) is 11.6 Å². The van der Waals surface area contributed by atoms with Crippen molar-refractivity contribution in [2.75, 3.05) is 20.1 Å². The van der Waals surface area contributed by atoms with Gasteiger partial charge in [-0.15, -0.1) is 0 Å². The Kier molecular flexibility index (Phi) is 3.96. The number of hydrogen-bond acceptors (Lipinski definition) is 2. The predicted molar refractivity (Wildman–Crippen MR) is 62.6 cm³/mol. The van der Waals surface area contributed by atoms with Crippen LogP contribution in [-0.4, -0.2) is 36.6 Å². The average Bonchev–Trinajstić information content (AvgIpc) is 2.18. The van der Waals surface area contributed by atoms with Gasteiger partial charge in [0.25, 0.3) is 0 Å². The first kappa shape index (κ1) is 12.0. The summed E-state index contributed by atoms with van der Waals surface area (Å²) in [6.07, 6.45) is 2.50. The van der Waals surface area contributed by atoms with Crippen molar-refractivity contribution >= 4 is 0 Å². The van der Waals surface area contributed by atoms with Gasteiger partial charge in [0.1, 0.15) is 0 Å². The molecular formula is C12H26N2. The van der Waals surface area contributed by atoms with E-state index in [2.05, 4.69) is 45.0 Å². The van der Waals surface area contributed by atoms with Crippen LogP contribution in [0.4, 0.5) is 0 Å². The van der Waals surface area contributed by atoms with Gasteiger partial charge in [0.2, 0.25) is 0 Å². The van der Waals surface area contributed by atoms with E-state index in [0.717, 1.165) is 12.5 Å². The molecule has 1 aliphatic heterocycles. The monoisotopic (exact) mass is 198 g/mol. The second-order valence-corrected chi connectivity index (χ2v) is 5.04. The van der Waals surface area contributed by atoms with Crippen molar-refractivity contribution in [2.24, 2.45) is 5.92 Å². The zero-order valence-corrected chi connectivity index (χ0v) is 10.4. The highest BCUT2D eigenvalue weighted by Crippen LogP contribution is 2.26. The third-order valence-electron chi connectivity index (χ3n) is 4.09. The third-order valence-corrected chi connectivity index (χ3v) is 4.09. The first-order valence-electron chi connectivity index (χ1n) is 6.00. The van der Waals surface area contributed by atoms with Crippen LogP contribution >= 0.6 is 0 Å². The lowest BCUT2D eigenvalue weighted by atomic mass is 9.86. The first-order valence-corrected chi connectivity index (χ1v) is 6.00. The molecule has 0 bridgehead atoms. The van der Waals surface area contributed by atoms with Crippen molar-refractivity contribution in [1.29, 1.82) is 0 Å². The fourth-order valence-electron chi connectivity index (χ4n) is 2.50. The van der Waals surface area contributed by atoms with E-state index in [1.807, 2.05) is 0 Å². The van der Waals surface area contributed by atoms with Gasteiger partial charge in [-0.3, -0.25) is 4.90 Å². The molecule has 0 aromatic rings. The van der Waals surface area contributed by atoms with Crippen LogP contribution in [0.3, 0.4) is 0 Å². The van der Waals surface area contributed by atoms with Crippen molar-refractivity contribution in [2.45, 2.75) is 52.1 Å². The predicted octanol–water partition coefficient (Wildman–Crippen LogP) is 2.10. The molecule has 0 aromatic heterocycles. The van der Waals surface area contributed by atoms with Gasteiger partial charge in [-0.25, -0.2) is 0 Å². The summed E-state index contributed by atoms with van der Waals surface area (Å²) in [5.41, 5.74) is 0.408. The van der Waals surface area contributed by atoms with E-state index < -0.39 is 0 Å². The van der Waals surface area contributed by atoms with Gasteiger partial charge in [0, 0.05) is 24.7 Å². The maximum Gasteiger partial charge on any atom is 0.0326 e. The maximum absolute atomic E-state index is 3.70. The molecular weight excluding hydrogens is 172 g/mol. The average molecular weight is 198 g/mol. The fraction of sp³-hybridized carbons (Fsp3) is 1.00. The highest BCUT2D eigenvalue weighted by Gasteiger charge is 2.36. The Morgan fingerprint density at radius 3 is 2.29 bits per heavy atom. The van der Waals surface area contributed by atoms with E-state index in [9.17, 15) is 0 Å². The second kappa shape index (κ2) is 4.63. The molecule has 84 valence electrons. The Morgan fingerprint density at radius 1 is 1.36 bits per heavy atom. The quantitative estimate of drug-likeness (QED) is 0.747. The van der Waals surface area contributed by atoms with Crippen LogP contribution in [0, 0.1) is 5.92 Å². The zero-order chi connectivity index (χ0) is 10.8. The SMILES string of the molecule is CCC1(CC)CNC(C(C)C)CN1C. The normalized spacial score (nSPS) is 28.3. The van der Waals surface area contributed by atoms with Crippen LogP contribution < -0.4 is 5.32 Å². The molecule has 2 heteroatoms. The molecule has 1 N–H and O–H groups in total. The summed E-state index contributed by atoms with van der Waals surface area (Å²) in [4.78, 5) is 2.56. The summed E-state index contributed by atoms with van der Waals surface area (Å²) in [5, 5.41) is 3.70. The van der Waals surface area contributed by atoms with Crippen LogP contribution in [0.5, 0.6) is 0 Å². The van der Waals surface area contributed by atoms with Gasteiger partial charge in [-0.05, 0) is 25.8 Å². The number of nitrogens with zero attached hydrogens (tertiary/aromatic N) is 1. The van der Waals surface area contributed by atoms with Crippen LogP contribution in [0.25, 0.3) is 0 Å². The van der Waals surface area contributed by atoms with Crippen molar-refractivity contribution in [3.63, 3.8) is 0 Å². The molecule has 1 unspecified atom stereocenters. The Hall–Kier alpha value is -0.0800. The van der Waals surface area contributed by atoms with Crippen molar-refractivity contribution < 1.29 is 0 Å². The van der Waals surface area contributed by atoms with Gasteiger partial charge in [-0.1, -0.05) is 27.7 Å². The first-order chi connectivity index (χ1) is 6.55. The van der Waals surface area contributed by atoms with Gasteiger partial charge in [-0.2, -0.15) is 0 Å². The molecule has 1 fully saturated rings. The molecule has 0 aromatic carbocycles. The van der Waals surface area contributed by atoms with Crippen molar-refractivity contribution in [1.82, 2.24) is 10.2 Å². The molecule has 0 saturated carbocycles. The Morgan fingerprint density at radius 2 is 1.93 bits per heavy atom. The lowest BCUT2D eigenvalue weighted by molar-refractivity contribution is 0.0459. The largest absolute Gasteiger partial charge is 0.311 e. The van der Waals surface area contributed by atoms with Crippen LogP contribution in [-0.2, 0) is 0 Å². The summed E-state index contributed by atoms with van der Waals surface area (Å²) < 4.78 is 0. The summed E-state index contributed by atoms with van der Waals surface area (Å²) in [6, 6.07) is 0.672. The molecule has 0 spiro atoms. The molecule has 1 saturated heterocycles. The van der Waals surface area contributed by atoms with E-state index in [4.69, 9.17) is 0 Å². The number of likely N-dealkylation sites (N-methyl/N-ethyl adjacent to an activating group) is 1. The molecule has 0 radical (unpaired) electrons. The lowest BCUT2D eigenvalue weighted by Crippen LogP contribution is -2.63. The van der Waals surface area contributed by atoms with E-state index in [1.165, 1.54) is 19.4 Å². The lowest BCUT2D eigenvalue weighted by Gasteiger charge is -2.48. The molecule has 1 aliphatic rings. The minimum atomic E-state index is 0.408. The number of nitrogens with one attached hydrogen (secondary N) is 1. The van der Waals surface area contributed by atoms with E-state index in [-0.39, 0.29) is 0 Å². The standard InChI is InChI=1S/C12H26N2/c1-6-12(7-2)9-13-11(10(3)4)8-14(12)5/h10-11,13H,6-9H2,1-5H3. The summed E-state index contributed by atoms with van der Waals surface area (Å²) in [7, 11) is 2.28. The topological polar surface area (TPSA) is 15.3 Å². The van der Waals surface area contributed by atoms with Crippen LogP contribution in [0.15, 0.2) is 0 Å². The highest BCUT2D eigenvalue weighted by atomic mass is 15.3. The Labute approximate surface area is 89.1 Å². The molecule has 1 heterocycles. The summed E-state index contributed by atoms with van der Waals surface area (Å²) in [5.74, 6) is 0.740. The fourth-order valence-corrected chi connectivity index (χ4v) is 2.50. The number of hydrogen-bond donors (Lipinski definition) is 1. The van der Waals surface area contributed by atoms with Crippen molar-refractivity contribution in [3.05, 3.63) is 0 Å². The molecule has 0 amide bonds. The molecule has 2 nitrogen and oxygen atoms in total. The maximum atomic E-state index is 3.70. The van der Waals surface area contributed by atoms with Crippen LogP contribution in [0.2, 0.25) is 0 Å². The van der Waals surface area contributed by atoms with E-state index in [1.54, 1.807) is 0 Å². The Bertz CT molecular complexity index is 173. The minimum absolute atomic E-state index is 0.408. The summed E-state index contributed by atoms with van der Waals surface area (Å²) in [6.45, 7) is 11.6. The highest BCUT2D eigenvalue weighted by molar-refractivity contribution is 4.96. The van der Waals surface area contributed by atoms with Gasteiger partial charge < -0.3 is 5.32 Å². The van der Waals surface area contributed by atoms with Crippen LogP contribution in [0.1, 0.15) is 40.5 Å². The van der Waals surface area contributed by atoms with E-state index >= 15 is 0 Å². The molecule has 1 rings (SSSR count). The summed E-state index contributed by atoms with van der Waals surface area (Å²) >= 11 is 0. The second-order valence-electron chi connectivity index (χ2n) is 5.04. The van der Waals surface area contributed by atoms with Gasteiger partial charge >= 0.3 is 0 Å². The third kappa shape index (κ3) is 2.12. The van der Waals surface area contributed by atoms with Gasteiger partial charge in [0.05, 0.1) is 0 Å². The molecule has 1 atom stereocenters. The molecule has 14 heavy (non-hydrogen) atoms. The number of rotatable bonds is 3. The zero-order valence-electron chi connectivity index (χ0n) is 10.4. The Balaban J connectivity index is 2.63. The molecule has 0 aliphatic carbocycles. The van der Waals surface area contributed by atoms with Crippen molar-refractivity contribution in [3.8, 4) is 0 Å².